The van der Waals surface area contributed by atoms with Crippen molar-refractivity contribution in [1.82, 2.24) is 10.2 Å². The van der Waals surface area contributed by atoms with Gasteiger partial charge in [-0.05, 0) is 30.7 Å². The number of fused-ring (bicyclic) bond motifs is 1. The number of likely N-dealkylation sites (N-methyl/N-ethyl adjacent to an activating group) is 1. The Balaban J connectivity index is 1.64. The number of carbonyl (C=O) groups is 2. The number of amides is 2. The molecule has 4 nitrogen and oxygen atoms in total. The molecule has 0 aliphatic carbocycles. The van der Waals surface area contributed by atoms with Gasteiger partial charge in [-0.2, -0.15) is 0 Å². The number of benzene rings is 2. The van der Waals surface area contributed by atoms with E-state index in [1.165, 1.54) is 11.3 Å². The third kappa shape index (κ3) is 4.26. The molecule has 0 aliphatic heterocycles. The maximum atomic E-state index is 12.5. The van der Waals surface area contributed by atoms with Crippen LogP contribution in [0, 0.1) is 0 Å². The van der Waals surface area contributed by atoms with Crippen LogP contribution in [0.4, 0.5) is 0 Å². The van der Waals surface area contributed by atoms with Gasteiger partial charge in [0.15, 0.2) is 0 Å². The first kappa shape index (κ1) is 19.7. The molecule has 2 aromatic carbocycles. The molecule has 140 valence electrons. The zero-order valence-electron chi connectivity index (χ0n) is 14.8. The Bertz CT molecular complexity index is 985. The minimum Gasteiger partial charge on any atom is -0.342 e. The average molecular weight is 421 g/mol. The van der Waals surface area contributed by atoms with E-state index in [9.17, 15) is 9.59 Å². The van der Waals surface area contributed by atoms with Crippen LogP contribution in [-0.2, 0) is 4.79 Å². The maximum absolute atomic E-state index is 12.5. The largest absolute Gasteiger partial charge is 0.342 e. The van der Waals surface area contributed by atoms with Crippen molar-refractivity contribution in [2.75, 3.05) is 13.6 Å². The average Bonchev–Trinajstić information content (AvgIpc) is 3.02. The number of hydrogen-bond acceptors (Lipinski definition) is 3. The molecule has 3 rings (SSSR count). The first-order valence-electron chi connectivity index (χ1n) is 8.35. The molecule has 0 aliphatic rings. The highest BCUT2D eigenvalue weighted by molar-refractivity contribution is 7.21. The number of nitrogens with one attached hydrogen (secondary N) is 1. The number of halogens is 2. The highest BCUT2D eigenvalue weighted by atomic mass is 35.5. The SMILES string of the molecule is CC(c1ccc(Cl)cc1)N(C)C(=O)CNC(=O)c1sc2ccccc2c1Cl. The van der Waals surface area contributed by atoms with E-state index in [0.717, 1.165) is 15.6 Å². The summed E-state index contributed by atoms with van der Waals surface area (Å²) in [6.07, 6.45) is 0. The van der Waals surface area contributed by atoms with E-state index in [0.29, 0.717) is 14.9 Å². The Morgan fingerprint density at radius 1 is 1.11 bits per heavy atom. The van der Waals surface area contributed by atoms with Crippen molar-refractivity contribution in [1.29, 1.82) is 0 Å². The number of nitrogens with zero attached hydrogens (tertiary/aromatic N) is 1. The summed E-state index contributed by atoms with van der Waals surface area (Å²) in [6.45, 7) is 1.82. The summed E-state index contributed by atoms with van der Waals surface area (Å²) in [4.78, 5) is 27.0. The van der Waals surface area contributed by atoms with Crippen LogP contribution < -0.4 is 5.32 Å². The molecular weight excluding hydrogens is 403 g/mol. The topological polar surface area (TPSA) is 49.4 Å². The molecule has 3 aromatic rings. The van der Waals surface area contributed by atoms with Crippen molar-refractivity contribution in [2.45, 2.75) is 13.0 Å². The summed E-state index contributed by atoms with van der Waals surface area (Å²) in [5, 5.41) is 4.58. The first-order valence-corrected chi connectivity index (χ1v) is 9.92. The van der Waals surface area contributed by atoms with E-state index < -0.39 is 0 Å². The lowest BCUT2D eigenvalue weighted by atomic mass is 10.1. The fourth-order valence-corrected chi connectivity index (χ4v) is 4.26. The van der Waals surface area contributed by atoms with Crippen molar-refractivity contribution in [3.63, 3.8) is 0 Å². The molecule has 27 heavy (non-hydrogen) atoms. The molecule has 1 aromatic heterocycles. The van der Waals surface area contributed by atoms with Crippen LogP contribution in [0.2, 0.25) is 10.0 Å². The quantitative estimate of drug-likeness (QED) is 0.619. The second kappa shape index (κ2) is 8.30. The van der Waals surface area contributed by atoms with Crippen LogP contribution in [0.15, 0.2) is 48.5 Å². The van der Waals surface area contributed by atoms with Crippen LogP contribution in [0.5, 0.6) is 0 Å². The number of carbonyl (C=O) groups excluding carboxylic acids is 2. The minimum absolute atomic E-state index is 0.0994. The maximum Gasteiger partial charge on any atom is 0.263 e. The van der Waals surface area contributed by atoms with Gasteiger partial charge in [0.2, 0.25) is 5.91 Å². The second-order valence-corrected chi connectivity index (χ2v) is 8.02. The van der Waals surface area contributed by atoms with Crippen molar-refractivity contribution in [3.8, 4) is 0 Å². The van der Waals surface area contributed by atoms with E-state index in [1.807, 2.05) is 43.3 Å². The molecule has 0 bridgehead atoms. The molecular formula is C20H18Cl2N2O2S. The van der Waals surface area contributed by atoms with Gasteiger partial charge in [-0.1, -0.05) is 53.5 Å². The lowest BCUT2D eigenvalue weighted by molar-refractivity contribution is -0.130. The van der Waals surface area contributed by atoms with E-state index in [1.54, 1.807) is 24.1 Å². The second-order valence-electron chi connectivity index (χ2n) is 6.16. The van der Waals surface area contributed by atoms with E-state index in [4.69, 9.17) is 23.2 Å². The van der Waals surface area contributed by atoms with Gasteiger partial charge in [-0.15, -0.1) is 11.3 Å². The number of rotatable bonds is 5. The summed E-state index contributed by atoms with van der Waals surface area (Å²) in [5.74, 6) is -0.537. The van der Waals surface area contributed by atoms with Crippen LogP contribution in [-0.4, -0.2) is 30.3 Å². The fraction of sp³-hybridized carbons (Fsp3) is 0.200. The third-order valence-electron chi connectivity index (χ3n) is 4.47. The summed E-state index contributed by atoms with van der Waals surface area (Å²) in [5.41, 5.74) is 0.967. The van der Waals surface area contributed by atoms with E-state index in [-0.39, 0.29) is 24.4 Å². The Morgan fingerprint density at radius 3 is 2.44 bits per heavy atom. The van der Waals surface area contributed by atoms with Gasteiger partial charge in [0, 0.05) is 22.2 Å². The van der Waals surface area contributed by atoms with Crippen molar-refractivity contribution in [3.05, 3.63) is 69.0 Å². The monoisotopic (exact) mass is 420 g/mol. The Labute approximate surface area is 171 Å². The molecule has 1 heterocycles. The molecule has 1 N–H and O–H groups in total. The first-order chi connectivity index (χ1) is 12.9. The Morgan fingerprint density at radius 2 is 1.78 bits per heavy atom. The number of hydrogen-bond donors (Lipinski definition) is 1. The zero-order chi connectivity index (χ0) is 19.6. The molecule has 0 spiro atoms. The molecule has 1 atom stereocenters. The molecule has 2 amide bonds. The van der Waals surface area contributed by atoms with Crippen LogP contribution in [0.1, 0.15) is 28.2 Å². The normalized spacial score (nSPS) is 12.0. The Kier molecular flexibility index (Phi) is 6.05. The lowest BCUT2D eigenvalue weighted by Crippen LogP contribution is -2.39. The highest BCUT2D eigenvalue weighted by Gasteiger charge is 2.20. The van der Waals surface area contributed by atoms with Gasteiger partial charge >= 0.3 is 0 Å². The molecule has 0 fully saturated rings. The standard InChI is InChI=1S/C20H18Cl2N2O2S/c1-12(13-7-9-14(21)10-8-13)24(2)17(25)11-23-20(26)19-18(22)15-5-3-4-6-16(15)27-19/h3-10,12H,11H2,1-2H3,(H,23,26). The smallest absolute Gasteiger partial charge is 0.263 e. The molecule has 0 radical (unpaired) electrons. The predicted octanol–water partition coefficient (Wildman–Crippen LogP) is 5.16. The highest BCUT2D eigenvalue weighted by Crippen LogP contribution is 2.34. The van der Waals surface area contributed by atoms with Gasteiger partial charge in [0.1, 0.15) is 4.88 Å². The van der Waals surface area contributed by atoms with Crippen molar-refractivity contribution in [2.24, 2.45) is 0 Å². The fourth-order valence-electron chi connectivity index (χ4n) is 2.70. The van der Waals surface area contributed by atoms with Crippen LogP contribution >= 0.6 is 34.5 Å². The van der Waals surface area contributed by atoms with Crippen LogP contribution in [0.3, 0.4) is 0 Å². The van der Waals surface area contributed by atoms with E-state index in [2.05, 4.69) is 5.32 Å². The molecule has 0 saturated heterocycles. The molecule has 1 unspecified atom stereocenters. The molecule has 7 heteroatoms. The summed E-state index contributed by atoms with van der Waals surface area (Å²) < 4.78 is 0.937. The summed E-state index contributed by atoms with van der Waals surface area (Å²) >= 11 is 13.5. The van der Waals surface area contributed by atoms with Crippen LogP contribution in [0.25, 0.3) is 10.1 Å². The predicted molar refractivity (Wildman–Crippen MR) is 112 cm³/mol. The van der Waals surface area contributed by atoms with Gasteiger partial charge in [-0.25, -0.2) is 0 Å². The van der Waals surface area contributed by atoms with E-state index >= 15 is 0 Å². The van der Waals surface area contributed by atoms with Crippen molar-refractivity contribution < 1.29 is 9.59 Å². The lowest BCUT2D eigenvalue weighted by Gasteiger charge is -2.25. The number of thiophene rings is 1. The summed E-state index contributed by atoms with van der Waals surface area (Å²) in [6, 6.07) is 14.8. The van der Waals surface area contributed by atoms with Gasteiger partial charge in [0.25, 0.3) is 5.91 Å². The minimum atomic E-state index is -0.345. The van der Waals surface area contributed by atoms with Crippen molar-refractivity contribution >= 4 is 56.4 Å². The van der Waals surface area contributed by atoms with Gasteiger partial charge in [-0.3, -0.25) is 9.59 Å². The van der Waals surface area contributed by atoms with Gasteiger partial charge < -0.3 is 10.2 Å². The molecule has 0 saturated carbocycles. The van der Waals surface area contributed by atoms with Gasteiger partial charge in [0.05, 0.1) is 17.6 Å². The third-order valence-corrected chi connectivity index (χ3v) is 6.39. The Hall–Kier alpha value is -2.08. The zero-order valence-corrected chi connectivity index (χ0v) is 17.2. The summed E-state index contributed by atoms with van der Waals surface area (Å²) in [7, 11) is 1.71.